The molecule has 4 heteroatoms. The third-order valence-electron chi connectivity index (χ3n) is 2.61. The summed E-state index contributed by atoms with van der Waals surface area (Å²) in [4.78, 5) is 22.9. The van der Waals surface area contributed by atoms with Gasteiger partial charge in [0.25, 0.3) is 0 Å². The summed E-state index contributed by atoms with van der Waals surface area (Å²) in [6, 6.07) is 0. The monoisotopic (exact) mass is 210 g/mol. The van der Waals surface area contributed by atoms with Gasteiger partial charge in [0.15, 0.2) is 0 Å². The van der Waals surface area contributed by atoms with Crippen LogP contribution in [-0.4, -0.2) is 26.2 Å². The van der Waals surface area contributed by atoms with Gasteiger partial charge in [0.2, 0.25) is 0 Å². The maximum Gasteiger partial charge on any atom is 0.334 e. The van der Waals surface area contributed by atoms with Gasteiger partial charge in [0.1, 0.15) is 0 Å². The van der Waals surface area contributed by atoms with Gasteiger partial charge in [-0.15, -0.1) is 0 Å². The summed E-state index contributed by atoms with van der Waals surface area (Å²) in [5.41, 5.74) is 1.56. The van der Waals surface area contributed by atoms with E-state index >= 15 is 0 Å². The number of esters is 2. The maximum absolute atomic E-state index is 11.5. The van der Waals surface area contributed by atoms with Crippen molar-refractivity contribution >= 4 is 11.9 Å². The molecule has 1 rings (SSSR count). The van der Waals surface area contributed by atoms with Crippen LogP contribution in [0.3, 0.4) is 0 Å². The van der Waals surface area contributed by atoms with E-state index < -0.39 is 11.9 Å². The van der Waals surface area contributed by atoms with Gasteiger partial charge in [0, 0.05) is 12.3 Å². The summed E-state index contributed by atoms with van der Waals surface area (Å²) in [7, 11) is 2.58. The average Bonchev–Trinajstić information content (AvgIpc) is 2.53. The van der Waals surface area contributed by atoms with Crippen molar-refractivity contribution in [2.24, 2.45) is 5.92 Å². The number of hydrogen-bond acceptors (Lipinski definition) is 4. The molecule has 1 aliphatic carbocycles. The third-order valence-corrected chi connectivity index (χ3v) is 2.61. The Balaban J connectivity index is 3.14. The highest BCUT2D eigenvalue weighted by atomic mass is 16.5. The van der Waals surface area contributed by atoms with Gasteiger partial charge in [-0.05, 0) is 0 Å². The Bertz CT molecular complexity index is 352. The van der Waals surface area contributed by atoms with Crippen LogP contribution in [0, 0.1) is 5.92 Å². The molecule has 82 valence electrons. The lowest BCUT2D eigenvalue weighted by Gasteiger charge is -2.08. The van der Waals surface area contributed by atoms with E-state index in [0.717, 1.165) is 5.57 Å². The summed E-state index contributed by atoms with van der Waals surface area (Å²) in [6.45, 7) is 5.64. The van der Waals surface area contributed by atoms with Gasteiger partial charge in [0.05, 0.1) is 25.4 Å². The molecule has 0 saturated heterocycles. The third kappa shape index (κ3) is 1.93. The van der Waals surface area contributed by atoms with Gasteiger partial charge < -0.3 is 9.47 Å². The van der Waals surface area contributed by atoms with E-state index in [4.69, 9.17) is 0 Å². The van der Waals surface area contributed by atoms with Crippen molar-refractivity contribution in [1.29, 1.82) is 0 Å². The minimum absolute atomic E-state index is 0.147. The molecule has 0 amide bonds. The fourth-order valence-corrected chi connectivity index (χ4v) is 1.66. The highest BCUT2D eigenvalue weighted by Crippen LogP contribution is 2.36. The molecule has 0 aromatic rings. The molecule has 1 atom stereocenters. The van der Waals surface area contributed by atoms with E-state index in [1.165, 1.54) is 14.2 Å². The lowest BCUT2D eigenvalue weighted by atomic mass is 10.0. The summed E-state index contributed by atoms with van der Waals surface area (Å²) in [5, 5.41) is 0. The lowest BCUT2D eigenvalue weighted by Crippen LogP contribution is -2.14. The minimum atomic E-state index is -0.485. The van der Waals surface area contributed by atoms with Crippen molar-refractivity contribution in [1.82, 2.24) is 0 Å². The highest BCUT2D eigenvalue weighted by molar-refractivity contribution is 6.02. The van der Waals surface area contributed by atoms with E-state index in [1.807, 2.05) is 6.92 Å². The number of carbonyl (C=O) groups excluding carboxylic acids is 2. The Morgan fingerprint density at radius 1 is 1.27 bits per heavy atom. The Kier molecular flexibility index (Phi) is 3.29. The van der Waals surface area contributed by atoms with Crippen LogP contribution in [0.15, 0.2) is 23.3 Å². The molecule has 0 fully saturated rings. The predicted molar refractivity (Wildman–Crippen MR) is 54.0 cm³/mol. The molecule has 1 unspecified atom stereocenters. The van der Waals surface area contributed by atoms with Crippen molar-refractivity contribution in [2.75, 3.05) is 14.2 Å². The lowest BCUT2D eigenvalue weighted by molar-refractivity contribution is -0.139. The molecule has 0 saturated carbocycles. The second kappa shape index (κ2) is 4.29. The van der Waals surface area contributed by atoms with E-state index in [2.05, 4.69) is 16.1 Å². The molecular formula is C11H14O4. The van der Waals surface area contributed by atoms with Crippen molar-refractivity contribution in [2.45, 2.75) is 13.3 Å². The van der Waals surface area contributed by atoms with Gasteiger partial charge in [-0.3, -0.25) is 0 Å². The Labute approximate surface area is 88.6 Å². The first-order valence-electron chi connectivity index (χ1n) is 4.60. The molecule has 4 nitrogen and oxygen atoms in total. The fraction of sp³-hybridized carbons (Fsp3) is 0.455. The fourth-order valence-electron chi connectivity index (χ4n) is 1.66. The van der Waals surface area contributed by atoms with Crippen molar-refractivity contribution < 1.29 is 19.1 Å². The Morgan fingerprint density at radius 2 is 1.80 bits per heavy atom. The quantitative estimate of drug-likeness (QED) is 0.508. The molecule has 0 radical (unpaired) electrons. The largest absolute Gasteiger partial charge is 0.466 e. The smallest absolute Gasteiger partial charge is 0.334 e. The van der Waals surface area contributed by atoms with Gasteiger partial charge in [-0.2, -0.15) is 0 Å². The molecule has 0 spiro atoms. The van der Waals surface area contributed by atoms with Crippen molar-refractivity contribution in [3.63, 3.8) is 0 Å². The molecule has 0 aliphatic heterocycles. The molecule has 0 bridgehead atoms. The first-order valence-corrected chi connectivity index (χ1v) is 4.60. The van der Waals surface area contributed by atoms with E-state index in [9.17, 15) is 9.59 Å². The summed E-state index contributed by atoms with van der Waals surface area (Å²) in [6.07, 6.45) is 0.387. The normalized spacial score (nSPS) is 20.5. The SMILES string of the molecule is C=C1CC(C(=O)OC)=C(C(=O)OC)C1C. The van der Waals surface area contributed by atoms with Crippen LogP contribution in [0.4, 0.5) is 0 Å². The number of ether oxygens (including phenoxy) is 2. The number of hydrogen-bond donors (Lipinski definition) is 0. The Hall–Kier alpha value is -1.58. The molecule has 0 aromatic carbocycles. The molecule has 1 aliphatic rings. The average molecular weight is 210 g/mol. The molecule has 15 heavy (non-hydrogen) atoms. The van der Waals surface area contributed by atoms with E-state index in [1.54, 1.807) is 0 Å². The first kappa shape index (κ1) is 11.5. The summed E-state index contributed by atoms with van der Waals surface area (Å²) < 4.78 is 9.24. The van der Waals surface area contributed by atoms with Crippen LogP contribution in [0.25, 0.3) is 0 Å². The number of carbonyl (C=O) groups is 2. The number of rotatable bonds is 2. The van der Waals surface area contributed by atoms with Crippen LogP contribution in [0.5, 0.6) is 0 Å². The van der Waals surface area contributed by atoms with E-state index in [-0.39, 0.29) is 5.92 Å². The van der Waals surface area contributed by atoms with Gasteiger partial charge in [-0.25, -0.2) is 9.59 Å². The maximum atomic E-state index is 11.5. The minimum Gasteiger partial charge on any atom is -0.466 e. The predicted octanol–water partition coefficient (Wildman–Crippen LogP) is 1.22. The van der Waals surface area contributed by atoms with Gasteiger partial charge >= 0.3 is 11.9 Å². The van der Waals surface area contributed by atoms with Crippen LogP contribution >= 0.6 is 0 Å². The highest BCUT2D eigenvalue weighted by Gasteiger charge is 2.34. The van der Waals surface area contributed by atoms with Crippen LogP contribution < -0.4 is 0 Å². The zero-order chi connectivity index (χ0) is 11.6. The molecule has 0 aromatic heterocycles. The zero-order valence-electron chi connectivity index (χ0n) is 9.12. The van der Waals surface area contributed by atoms with Crippen molar-refractivity contribution in [3.05, 3.63) is 23.3 Å². The number of allylic oxidation sites excluding steroid dienone is 1. The second-order valence-electron chi connectivity index (χ2n) is 3.43. The van der Waals surface area contributed by atoms with Crippen molar-refractivity contribution in [3.8, 4) is 0 Å². The van der Waals surface area contributed by atoms with E-state index in [0.29, 0.717) is 17.6 Å². The topological polar surface area (TPSA) is 52.6 Å². The first-order chi connectivity index (χ1) is 7.02. The molecule has 0 N–H and O–H groups in total. The standard InChI is InChI=1S/C11H14O4/c1-6-5-8(10(12)14-3)9(7(6)2)11(13)15-4/h7H,1,5H2,2-4H3. The second-order valence-corrected chi connectivity index (χ2v) is 3.43. The summed E-state index contributed by atoms with van der Waals surface area (Å²) in [5.74, 6) is -1.12. The van der Waals surface area contributed by atoms with Crippen LogP contribution in [0.1, 0.15) is 13.3 Å². The summed E-state index contributed by atoms with van der Waals surface area (Å²) >= 11 is 0. The Morgan fingerprint density at radius 3 is 2.27 bits per heavy atom. The van der Waals surface area contributed by atoms with Crippen LogP contribution in [0.2, 0.25) is 0 Å². The molecule has 0 heterocycles. The van der Waals surface area contributed by atoms with Crippen LogP contribution in [-0.2, 0) is 19.1 Å². The van der Waals surface area contributed by atoms with Gasteiger partial charge in [-0.1, -0.05) is 19.1 Å². The zero-order valence-corrected chi connectivity index (χ0v) is 9.12. The number of methoxy groups -OCH3 is 2. The molecular weight excluding hydrogens is 196 g/mol.